The monoisotopic (exact) mass is 472 g/mol. The molecule has 0 radical (unpaired) electrons. The van der Waals surface area contributed by atoms with E-state index in [9.17, 15) is 27.5 Å². The fraction of sp³-hybridized carbons (Fsp3) is 0.250. The Kier molecular flexibility index (Phi) is 6.70. The molecule has 1 aliphatic rings. The molecular formula is C20H17ClF4N4O3. The number of aliphatic hydroxyl groups excluding tert-OH is 1. The predicted molar refractivity (Wildman–Crippen MR) is 109 cm³/mol. The van der Waals surface area contributed by atoms with Gasteiger partial charge in [0.15, 0.2) is 5.83 Å². The summed E-state index contributed by atoms with van der Waals surface area (Å²) in [5.41, 5.74) is 0.849. The average molecular weight is 473 g/mol. The molecule has 3 rings (SSSR count). The number of benzene rings is 1. The van der Waals surface area contributed by atoms with Crippen LogP contribution in [0.4, 0.5) is 29.1 Å². The molecule has 7 nitrogen and oxygen atoms in total. The highest BCUT2D eigenvalue weighted by molar-refractivity contribution is 6.33. The highest BCUT2D eigenvalue weighted by Gasteiger charge is 2.36. The zero-order valence-electron chi connectivity index (χ0n) is 16.3. The number of hydrogen-bond donors (Lipinski definition) is 3. The van der Waals surface area contributed by atoms with Crippen molar-refractivity contribution in [2.75, 3.05) is 18.4 Å². The fourth-order valence-corrected chi connectivity index (χ4v) is 3.37. The first-order valence-electron chi connectivity index (χ1n) is 9.13. The number of amides is 1. The van der Waals surface area contributed by atoms with Crippen molar-refractivity contribution in [2.24, 2.45) is 5.92 Å². The van der Waals surface area contributed by atoms with Crippen molar-refractivity contribution in [3.63, 3.8) is 0 Å². The van der Waals surface area contributed by atoms with Crippen LogP contribution in [0.15, 0.2) is 42.9 Å². The van der Waals surface area contributed by atoms with Crippen molar-refractivity contribution < 1.29 is 32.2 Å². The molecule has 12 heteroatoms. The molecule has 32 heavy (non-hydrogen) atoms. The molecule has 0 atom stereocenters. The Morgan fingerprint density at radius 3 is 2.62 bits per heavy atom. The molecule has 1 aliphatic heterocycles. The summed E-state index contributed by atoms with van der Waals surface area (Å²) in [6, 6.07) is 4.78. The van der Waals surface area contributed by atoms with Gasteiger partial charge in [0.2, 0.25) is 0 Å². The number of halogens is 5. The minimum absolute atomic E-state index is 0.0475. The number of aromatic nitrogens is 1. The second-order valence-corrected chi connectivity index (χ2v) is 7.30. The number of carbonyl (C=O) groups is 1. The van der Waals surface area contributed by atoms with Crippen LogP contribution in [0, 0.1) is 11.3 Å². The molecule has 0 unspecified atom stereocenters. The highest BCUT2D eigenvalue weighted by atomic mass is 35.5. The lowest BCUT2D eigenvalue weighted by Gasteiger charge is -2.39. The van der Waals surface area contributed by atoms with E-state index in [1.807, 2.05) is 0 Å². The topological polar surface area (TPSA) is 98.5 Å². The summed E-state index contributed by atoms with van der Waals surface area (Å²) >= 11 is 6.07. The highest BCUT2D eigenvalue weighted by Crippen LogP contribution is 2.34. The molecule has 2 heterocycles. The Balaban J connectivity index is 1.84. The van der Waals surface area contributed by atoms with Crippen LogP contribution in [-0.4, -0.2) is 46.1 Å². The fourth-order valence-electron chi connectivity index (χ4n) is 3.15. The van der Waals surface area contributed by atoms with E-state index >= 15 is 0 Å². The number of anilines is 2. The number of carbonyl (C=O) groups excluding carboxylic acids is 1. The van der Waals surface area contributed by atoms with Crippen LogP contribution in [0.3, 0.4) is 0 Å². The number of pyridine rings is 1. The van der Waals surface area contributed by atoms with Gasteiger partial charge in [-0.3, -0.25) is 4.79 Å². The van der Waals surface area contributed by atoms with Crippen LogP contribution in [0.1, 0.15) is 11.1 Å². The predicted octanol–water partition coefficient (Wildman–Crippen LogP) is 4.18. The third kappa shape index (κ3) is 5.17. The van der Waals surface area contributed by atoms with Crippen LogP contribution in [0.25, 0.3) is 0 Å². The zero-order chi connectivity index (χ0) is 23.6. The van der Waals surface area contributed by atoms with Gasteiger partial charge < -0.3 is 25.5 Å². The summed E-state index contributed by atoms with van der Waals surface area (Å²) in [6.45, 7) is 2.72. The van der Waals surface area contributed by atoms with Crippen molar-refractivity contribution in [2.45, 2.75) is 13.0 Å². The lowest BCUT2D eigenvalue weighted by Crippen LogP contribution is -2.53. The largest absolute Gasteiger partial charge is 0.573 e. The summed E-state index contributed by atoms with van der Waals surface area (Å²) < 4.78 is 54.0. The van der Waals surface area contributed by atoms with Crippen molar-refractivity contribution >= 4 is 34.7 Å². The molecule has 1 saturated heterocycles. The molecule has 0 saturated carbocycles. The number of rotatable bonds is 7. The zero-order valence-corrected chi connectivity index (χ0v) is 17.1. The summed E-state index contributed by atoms with van der Waals surface area (Å²) in [6.07, 6.45) is -3.49. The first-order chi connectivity index (χ1) is 15.0. The second kappa shape index (κ2) is 9.13. The third-order valence-corrected chi connectivity index (χ3v) is 5.03. The van der Waals surface area contributed by atoms with Gasteiger partial charge in [0.25, 0.3) is 5.91 Å². The summed E-state index contributed by atoms with van der Waals surface area (Å²) in [4.78, 5) is 17.0. The standard InChI is InChI=1S/C20H17ClF4N4O3/c1-10(22)19(31)29-7-12(8-29)17(26)16-11(9-30)4-5-27-18(16)28-15-3-2-13(6-14(15)21)32-20(23,24)25/h2-6,12,26,30H,1,7-9H2,(H,27,28). The molecular weight excluding hydrogens is 456 g/mol. The van der Waals surface area contributed by atoms with Gasteiger partial charge in [-0.15, -0.1) is 13.2 Å². The molecule has 1 fully saturated rings. The minimum Gasteiger partial charge on any atom is -0.406 e. The van der Waals surface area contributed by atoms with Crippen LogP contribution < -0.4 is 10.1 Å². The Labute approximate surface area is 184 Å². The van der Waals surface area contributed by atoms with Crippen LogP contribution in [0.2, 0.25) is 5.02 Å². The maximum atomic E-state index is 13.0. The van der Waals surface area contributed by atoms with Gasteiger partial charge in [-0.1, -0.05) is 18.2 Å². The first-order valence-corrected chi connectivity index (χ1v) is 9.51. The van der Waals surface area contributed by atoms with E-state index in [0.717, 1.165) is 12.1 Å². The normalized spacial score (nSPS) is 14.0. The lowest BCUT2D eigenvalue weighted by atomic mass is 9.88. The van der Waals surface area contributed by atoms with Crippen LogP contribution in [-0.2, 0) is 11.4 Å². The minimum atomic E-state index is -4.87. The number of aliphatic hydroxyl groups is 1. The van der Waals surface area contributed by atoms with Crippen molar-refractivity contribution in [1.29, 1.82) is 5.41 Å². The van der Waals surface area contributed by atoms with Gasteiger partial charge in [-0.25, -0.2) is 9.37 Å². The third-order valence-electron chi connectivity index (χ3n) is 4.71. The van der Waals surface area contributed by atoms with Gasteiger partial charge in [-0.05, 0) is 23.8 Å². The van der Waals surface area contributed by atoms with Crippen molar-refractivity contribution in [3.05, 3.63) is 59.0 Å². The molecule has 170 valence electrons. The Morgan fingerprint density at radius 1 is 1.38 bits per heavy atom. The van der Waals surface area contributed by atoms with Crippen molar-refractivity contribution in [3.8, 4) is 5.75 Å². The number of ether oxygens (including phenoxy) is 1. The summed E-state index contributed by atoms with van der Waals surface area (Å²) in [5, 5.41) is 21.0. The number of nitrogens with zero attached hydrogens (tertiary/aromatic N) is 2. The molecule has 1 aromatic heterocycles. The number of likely N-dealkylation sites (tertiary alicyclic amines) is 1. The lowest BCUT2D eigenvalue weighted by molar-refractivity contribution is -0.274. The molecule has 1 aromatic carbocycles. The van der Waals surface area contributed by atoms with E-state index < -0.39 is 36.4 Å². The maximum Gasteiger partial charge on any atom is 0.573 e. The maximum absolute atomic E-state index is 13.0. The van der Waals surface area contributed by atoms with E-state index in [-0.39, 0.29) is 40.9 Å². The smallest absolute Gasteiger partial charge is 0.406 e. The molecule has 0 spiro atoms. The quantitative estimate of drug-likeness (QED) is 0.319. The molecule has 3 N–H and O–H groups in total. The summed E-state index contributed by atoms with van der Waals surface area (Å²) in [7, 11) is 0. The van der Waals surface area contributed by atoms with E-state index in [0.29, 0.717) is 5.56 Å². The van der Waals surface area contributed by atoms with Gasteiger partial charge in [-0.2, -0.15) is 0 Å². The van der Waals surface area contributed by atoms with Gasteiger partial charge >= 0.3 is 6.36 Å². The van der Waals surface area contributed by atoms with Gasteiger partial charge in [0, 0.05) is 42.5 Å². The van der Waals surface area contributed by atoms with E-state index in [4.69, 9.17) is 17.0 Å². The first kappa shape index (κ1) is 23.5. The van der Waals surface area contributed by atoms with Crippen LogP contribution >= 0.6 is 11.6 Å². The summed E-state index contributed by atoms with van der Waals surface area (Å²) in [5.74, 6) is -2.76. The van der Waals surface area contributed by atoms with E-state index in [1.54, 1.807) is 0 Å². The Bertz CT molecular complexity index is 1070. The molecule has 1 amide bonds. The van der Waals surface area contributed by atoms with E-state index in [1.165, 1.54) is 23.2 Å². The Morgan fingerprint density at radius 2 is 2.06 bits per heavy atom. The number of hydrogen-bond acceptors (Lipinski definition) is 6. The second-order valence-electron chi connectivity index (χ2n) is 6.89. The van der Waals surface area contributed by atoms with Gasteiger partial charge in [0.05, 0.1) is 17.3 Å². The number of alkyl halides is 3. The molecule has 0 bridgehead atoms. The Hall–Kier alpha value is -3.18. The average Bonchev–Trinajstić information content (AvgIpc) is 2.67. The van der Waals surface area contributed by atoms with Gasteiger partial charge in [0.1, 0.15) is 11.6 Å². The molecule has 2 aromatic rings. The van der Waals surface area contributed by atoms with Crippen molar-refractivity contribution in [1.82, 2.24) is 9.88 Å². The number of nitrogens with one attached hydrogen (secondary N) is 2. The van der Waals surface area contributed by atoms with E-state index in [2.05, 4.69) is 21.6 Å². The van der Waals surface area contributed by atoms with Crippen LogP contribution in [0.5, 0.6) is 5.75 Å². The SMILES string of the molecule is C=C(F)C(=O)N1CC(C(=N)c2c(CO)ccnc2Nc2ccc(OC(F)(F)F)cc2Cl)C1. The molecule has 0 aliphatic carbocycles.